The molecule has 1 unspecified atom stereocenters. The average Bonchev–Trinajstić information content (AvgIpc) is 2.72. The van der Waals surface area contributed by atoms with E-state index in [1.54, 1.807) is 22.3 Å². The zero-order chi connectivity index (χ0) is 34.1. The molecule has 0 saturated carbocycles. The van der Waals surface area contributed by atoms with E-state index >= 15 is 0 Å². The third-order valence-corrected chi connectivity index (χ3v) is 9.22. The molecular weight excluding hydrogens is 516 g/mol. The maximum Gasteiger partial charge on any atom is -0.0126 e. The van der Waals surface area contributed by atoms with E-state index in [4.69, 9.17) is 0 Å². The minimum atomic E-state index is 0.0171. The fraction of sp³-hybridized carbons (Fsp3) is 0.721. The molecule has 0 heteroatoms. The second-order valence-corrected chi connectivity index (χ2v) is 21.0. The Morgan fingerprint density at radius 3 is 1.02 bits per heavy atom. The predicted octanol–water partition coefficient (Wildman–Crippen LogP) is 13.1. The molecule has 0 radical (unpaired) electrons. The summed E-state index contributed by atoms with van der Waals surface area (Å²) in [5.41, 5.74) is 14.2. The van der Waals surface area contributed by atoms with Crippen LogP contribution in [-0.4, -0.2) is 0 Å². The lowest BCUT2D eigenvalue weighted by atomic mass is 9.62. The molecule has 0 spiro atoms. The Hall–Kier alpha value is -1.56. The second-order valence-electron chi connectivity index (χ2n) is 21.0. The first-order valence-corrected chi connectivity index (χ1v) is 17.1. The molecule has 0 saturated heterocycles. The van der Waals surface area contributed by atoms with Gasteiger partial charge in [-0.3, -0.25) is 0 Å². The third kappa shape index (κ3) is 8.38. The van der Waals surface area contributed by atoms with Crippen LogP contribution in [0, 0.1) is 0 Å². The summed E-state index contributed by atoms with van der Waals surface area (Å²) < 4.78 is 0. The van der Waals surface area contributed by atoms with Crippen molar-refractivity contribution in [2.24, 2.45) is 0 Å². The van der Waals surface area contributed by atoms with Gasteiger partial charge < -0.3 is 0 Å². The van der Waals surface area contributed by atoms with Crippen molar-refractivity contribution in [3.05, 3.63) is 68.3 Å². The number of hydrogen-bond acceptors (Lipinski definition) is 0. The van der Waals surface area contributed by atoms with E-state index in [0.29, 0.717) is 5.92 Å². The maximum atomic E-state index is 2.62. The molecule has 0 amide bonds. The molecule has 0 aromatic heterocycles. The molecule has 2 aromatic carbocycles. The van der Waals surface area contributed by atoms with Crippen LogP contribution in [0.4, 0.5) is 0 Å². The van der Waals surface area contributed by atoms with Gasteiger partial charge in [0.15, 0.2) is 0 Å². The summed E-state index contributed by atoms with van der Waals surface area (Å²) in [4.78, 5) is 0. The zero-order valence-corrected chi connectivity index (χ0v) is 33.0. The van der Waals surface area contributed by atoms with Crippen molar-refractivity contribution in [1.82, 2.24) is 0 Å². The monoisotopic (exact) mass is 589 g/mol. The molecule has 2 aromatic rings. The Labute approximate surface area is 270 Å². The van der Waals surface area contributed by atoms with Gasteiger partial charge >= 0.3 is 0 Å². The molecule has 43 heavy (non-hydrogen) atoms. The van der Waals surface area contributed by atoms with Gasteiger partial charge in [0, 0.05) is 0 Å². The van der Waals surface area contributed by atoms with Gasteiger partial charge in [-0.05, 0) is 100 Å². The molecule has 1 atom stereocenters. The van der Waals surface area contributed by atoms with Crippen LogP contribution >= 0.6 is 0 Å². The zero-order valence-electron chi connectivity index (χ0n) is 33.0. The van der Waals surface area contributed by atoms with Crippen molar-refractivity contribution in [2.45, 2.75) is 203 Å². The van der Waals surface area contributed by atoms with Gasteiger partial charge in [-0.15, -0.1) is 0 Å². The van der Waals surface area contributed by atoms with Crippen LogP contribution in [0.1, 0.15) is 208 Å². The van der Waals surface area contributed by atoms with Gasteiger partial charge in [-0.25, -0.2) is 0 Å². The van der Waals surface area contributed by atoms with Crippen LogP contribution in [-0.2, 0) is 44.3 Å². The second kappa shape index (κ2) is 11.4. The summed E-state index contributed by atoms with van der Waals surface area (Å²) in [6.45, 7) is 53.2. The van der Waals surface area contributed by atoms with Crippen molar-refractivity contribution < 1.29 is 0 Å². The number of benzene rings is 2. The lowest BCUT2D eigenvalue weighted by Crippen LogP contribution is -2.33. The Bertz CT molecular complexity index is 1260. The Kier molecular flexibility index (Phi) is 9.93. The average molecular weight is 589 g/mol. The highest BCUT2D eigenvalue weighted by Gasteiger charge is 2.39. The van der Waals surface area contributed by atoms with E-state index in [1.165, 1.54) is 27.8 Å². The van der Waals surface area contributed by atoms with Gasteiger partial charge in [0.05, 0.1) is 0 Å². The molecule has 0 heterocycles. The molecule has 0 N–H and O–H groups in total. The van der Waals surface area contributed by atoms with Gasteiger partial charge in [-0.1, -0.05) is 171 Å². The highest BCUT2D eigenvalue weighted by molar-refractivity contribution is 5.58. The molecule has 0 bridgehead atoms. The lowest BCUT2D eigenvalue weighted by Gasteiger charge is -2.42. The lowest BCUT2D eigenvalue weighted by molar-refractivity contribution is 0.477. The van der Waals surface area contributed by atoms with Gasteiger partial charge in [0.25, 0.3) is 0 Å². The van der Waals surface area contributed by atoms with Crippen molar-refractivity contribution in [3.63, 3.8) is 0 Å². The summed E-state index contributed by atoms with van der Waals surface area (Å²) in [6, 6.07) is 7.73. The van der Waals surface area contributed by atoms with Crippen LogP contribution in [0.3, 0.4) is 0 Å². The number of rotatable bonds is 3. The molecule has 0 nitrogen and oxygen atoms in total. The maximum absolute atomic E-state index is 2.62. The van der Waals surface area contributed by atoms with Crippen molar-refractivity contribution in [3.8, 4) is 0 Å². The Balaban J connectivity index is 3.20. The number of hydrogen-bond donors (Lipinski definition) is 0. The largest absolute Gasteiger partial charge is 0.0581 e. The fourth-order valence-electron chi connectivity index (χ4n) is 7.05. The van der Waals surface area contributed by atoms with E-state index in [-0.39, 0.29) is 37.9 Å². The summed E-state index contributed by atoms with van der Waals surface area (Å²) in [7, 11) is 0. The highest BCUT2D eigenvalue weighted by atomic mass is 14.4. The van der Waals surface area contributed by atoms with Crippen LogP contribution in [0.2, 0.25) is 0 Å². The first kappa shape index (κ1) is 37.6. The highest BCUT2D eigenvalue weighted by Crippen LogP contribution is 2.49. The van der Waals surface area contributed by atoms with Gasteiger partial charge in [0.1, 0.15) is 0 Å². The molecule has 0 aliphatic rings. The minimum Gasteiger partial charge on any atom is -0.0581 e. The molecule has 244 valence electrons. The summed E-state index contributed by atoms with van der Waals surface area (Å²) in [5.74, 6) is 0.376. The van der Waals surface area contributed by atoms with E-state index in [2.05, 4.69) is 171 Å². The van der Waals surface area contributed by atoms with Crippen LogP contribution in [0.15, 0.2) is 18.2 Å². The van der Waals surface area contributed by atoms with Crippen molar-refractivity contribution >= 4 is 0 Å². The Morgan fingerprint density at radius 2 is 0.744 bits per heavy atom. The third-order valence-electron chi connectivity index (χ3n) is 9.22. The molecular formula is C43H72. The molecule has 0 aliphatic heterocycles. The first-order valence-electron chi connectivity index (χ1n) is 17.1. The van der Waals surface area contributed by atoms with E-state index in [9.17, 15) is 0 Å². The summed E-state index contributed by atoms with van der Waals surface area (Å²) in [6.07, 6.45) is 1.05. The van der Waals surface area contributed by atoms with E-state index in [0.717, 1.165) is 6.42 Å². The van der Waals surface area contributed by atoms with Gasteiger partial charge in [0.2, 0.25) is 0 Å². The topological polar surface area (TPSA) is 0 Å². The molecule has 0 aliphatic carbocycles. The van der Waals surface area contributed by atoms with Crippen LogP contribution in [0.5, 0.6) is 0 Å². The smallest absolute Gasteiger partial charge is 0.0126 e. The van der Waals surface area contributed by atoms with Crippen molar-refractivity contribution in [2.75, 3.05) is 0 Å². The summed E-state index contributed by atoms with van der Waals surface area (Å²) >= 11 is 0. The van der Waals surface area contributed by atoms with Crippen LogP contribution < -0.4 is 0 Å². The van der Waals surface area contributed by atoms with Crippen molar-refractivity contribution in [1.29, 1.82) is 0 Å². The van der Waals surface area contributed by atoms with E-state index < -0.39 is 0 Å². The summed E-state index contributed by atoms with van der Waals surface area (Å²) in [5, 5.41) is 0. The molecule has 0 fully saturated rings. The van der Waals surface area contributed by atoms with E-state index in [1.807, 2.05) is 0 Å². The Morgan fingerprint density at radius 1 is 0.395 bits per heavy atom. The quantitative estimate of drug-likeness (QED) is 0.334. The molecule has 2 rings (SSSR count). The predicted molar refractivity (Wildman–Crippen MR) is 196 cm³/mol. The minimum absolute atomic E-state index is 0.0171. The normalized spacial score (nSPS) is 15.2. The SMILES string of the molecule is CC(Cc1c(C(C)(C)C)cc(C(C)(C)C)cc1C(C)(C)C)c1c(C(C)(C)C)cc(C(C)(C)C)c(C(C)(C)C)c1C(C)(C)C. The van der Waals surface area contributed by atoms with Gasteiger partial charge in [-0.2, -0.15) is 0 Å². The van der Waals surface area contributed by atoms with Crippen LogP contribution in [0.25, 0.3) is 0 Å². The fourth-order valence-corrected chi connectivity index (χ4v) is 7.05. The standard InChI is InChI=1S/C43H72/c1-27(23-29-30(38(5,6)7)24-28(37(2,3)4)25-31(29)39(8,9)10)34-32(40(11,12)13)26-33(41(14,15)16)35(42(17,18)19)36(34)43(20,21)22/h24-27H,23H2,1-22H3. The first-order chi connectivity index (χ1) is 18.7.